The number of carbonyl (C=O) groups is 1. The quantitative estimate of drug-likeness (QED) is 0.902. The van der Waals surface area contributed by atoms with Crippen LogP contribution in [0.5, 0.6) is 0 Å². The van der Waals surface area contributed by atoms with Crippen LogP contribution in [0.15, 0.2) is 30.3 Å². The van der Waals surface area contributed by atoms with Crippen LogP contribution in [0.2, 0.25) is 0 Å². The number of ether oxygens (including phenoxy) is 2. The largest absolute Gasteiger partial charge is 0.384 e. The summed E-state index contributed by atoms with van der Waals surface area (Å²) in [6, 6.07) is 10.0. The molecule has 1 aromatic carbocycles. The molecule has 0 radical (unpaired) electrons. The van der Waals surface area contributed by atoms with E-state index in [0.29, 0.717) is 19.6 Å². The molecule has 23 heavy (non-hydrogen) atoms. The molecule has 1 amide bonds. The van der Waals surface area contributed by atoms with E-state index in [1.54, 1.807) is 7.11 Å². The zero-order valence-corrected chi connectivity index (χ0v) is 13.8. The van der Waals surface area contributed by atoms with E-state index in [9.17, 15) is 4.79 Å². The Hall–Kier alpha value is -1.43. The zero-order valence-electron chi connectivity index (χ0n) is 13.8. The minimum absolute atomic E-state index is 0.0511. The van der Waals surface area contributed by atoms with Crippen molar-refractivity contribution in [2.75, 3.05) is 38.3 Å². The van der Waals surface area contributed by atoms with Crippen LogP contribution in [0, 0.1) is 0 Å². The number of piperidine rings is 1. The smallest absolute Gasteiger partial charge is 0.229 e. The number of nitrogens with zero attached hydrogens (tertiary/aromatic N) is 1. The van der Waals surface area contributed by atoms with E-state index >= 15 is 0 Å². The highest BCUT2D eigenvalue weighted by Gasteiger charge is 2.44. The third-order valence-electron chi connectivity index (χ3n) is 4.89. The molecule has 2 fully saturated rings. The number of rotatable bonds is 5. The highest BCUT2D eigenvalue weighted by molar-refractivity contribution is 5.94. The number of hydrogen-bond acceptors (Lipinski definition) is 4. The molecule has 1 N–H and O–H groups in total. The molecule has 1 aromatic rings. The predicted octanol–water partition coefficient (Wildman–Crippen LogP) is 1.97. The molecule has 0 aliphatic carbocycles. The lowest BCUT2D eigenvalue weighted by Gasteiger charge is -2.34. The van der Waals surface area contributed by atoms with Crippen LogP contribution in [-0.4, -0.2) is 51.0 Å². The highest BCUT2D eigenvalue weighted by Crippen LogP contribution is 2.37. The number of para-hydroxylation sites is 1. The Labute approximate surface area is 137 Å². The van der Waals surface area contributed by atoms with E-state index in [0.717, 1.165) is 38.0 Å². The van der Waals surface area contributed by atoms with Gasteiger partial charge in [0.15, 0.2) is 0 Å². The average molecular weight is 318 g/mol. The zero-order chi connectivity index (χ0) is 16.1. The first-order valence-electron chi connectivity index (χ1n) is 8.45. The maximum atomic E-state index is 12.7. The Morgan fingerprint density at radius 3 is 2.78 bits per heavy atom. The van der Waals surface area contributed by atoms with Crippen LogP contribution in [0.4, 0.5) is 5.69 Å². The number of hydrogen-bond donors (Lipinski definition) is 1. The monoisotopic (exact) mass is 318 g/mol. The summed E-state index contributed by atoms with van der Waals surface area (Å²) in [6.07, 6.45) is 3.37. The molecule has 0 aromatic heterocycles. The van der Waals surface area contributed by atoms with Crippen molar-refractivity contribution < 1.29 is 14.3 Å². The minimum Gasteiger partial charge on any atom is -0.384 e. The fourth-order valence-corrected chi connectivity index (χ4v) is 3.67. The highest BCUT2D eigenvalue weighted by atomic mass is 16.5. The molecule has 2 heterocycles. The molecule has 0 bridgehead atoms. The van der Waals surface area contributed by atoms with Gasteiger partial charge in [-0.15, -0.1) is 0 Å². The van der Waals surface area contributed by atoms with Gasteiger partial charge in [-0.05, 0) is 44.5 Å². The van der Waals surface area contributed by atoms with E-state index < -0.39 is 0 Å². The second-order valence-corrected chi connectivity index (χ2v) is 6.44. The number of methoxy groups -OCH3 is 1. The van der Waals surface area contributed by atoms with Crippen LogP contribution < -0.4 is 10.2 Å². The third-order valence-corrected chi connectivity index (χ3v) is 4.89. The van der Waals surface area contributed by atoms with Crippen LogP contribution in [0.3, 0.4) is 0 Å². The summed E-state index contributed by atoms with van der Waals surface area (Å²) in [5.74, 6) is 0.109. The Kier molecular flexibility index (Phi) is 5.30. The Morgan fingerprint density at radius 2 is 2.09 bits per heavy atom. The fraction of sp³-hybridized carbons (Fsp3) is 0.611. The van der Waals surface area contributed by atoms with Gasteiger partial charge in [0.2, 0.25) is 5.91 Å². The van der Waals surface area contributed by atoms with E-state index in [2.05, 4.69) is 5.32 Å². The lowest BCUT2D eigenvalue weighted by Crippen LogP contribution is -2.44. The van der Waals surface area contributed by atoms with Gasteiger partial charge in [-0.25, -0.2) is 0 Å². The number of benzene rings is 1. The van der Waals surface area contributed by atoms with Gasteiger partial charge in [-0.2, -0.15) is 0 Å². The fourth-order valence-electron chi connectivity index (χ4n) is 3.67. The molecule has 3 rings (SSSR count). The van der Waals surface area contributed by atoms with Crippen molar-refractivity contribution in [1.29, 1.82) is 0 Å². The number of nitrogens with one attached hydrogen (secondary N) is 1. The molecule has 0 saturated carbocycles. The number of amides is 1. The lowest BCUT2D eigenvalue weighted by atomic mass is 9.88. The van der Waals surface area contributed by atoms with Crippen molar-refractivity contribution in [1.82, 2.24) is 5.32 Å². The molecule has 1 unspecified atom stereocenters. The normalized spacial score (nSPS) is 23.1. The van der Waals surface area contributed by atoms with Gasteiger partial charge >= 0.3 is 0 Å². The Morgan fingerprint density at radius 1 is 1.35 bits per heavy atom. The van der Waals surface area contributed by atoms with E-state index in [4.69, 9.17) is 9.47 Å². The van der Waals surface area contributed by atoms with Crippen molar-refractivity contribution in [2.45, 2.75) is 37.3 Å². The van der Waals surface area contributed by atoms with Gasteiger partial charge in [0.25, 0.3) is 0 Å². The van der Waals surface area contributed by atoms with Gasteiger partial charge in [0.1, 0.15) is 0 Å². The summed E-state index contributed by atoms with van der Waals surface area (Å²) in [5, 5.41) is 3.39. The number of carbonyl (C=O) groups excluding carboxylic acids is 1. The molecule has 2 aliphatic rings. The minimum atomic E-state index is -0.0511. The van der Waals surface area contributed by atoms with Gasteiger partial charge in [0.05, 0.1) is 31.3 Å². The predicted molar refractivity (Wildman–Crippen MR) is 89.6 cm³/mol. The van der Waals surface area contributed by atoms with Crippen molar-refractivity contribution in [3.05, 3.63) is 30.3 Å². The van der Waals surface area contributed by atoms with Gasteiger partial charge < -0.3 is 19.7 Å². The third kappa shape index (κ3) is 3.74. The maximum absolute atomic E-state index is 12.7. The van der Waals surface area contributed by atoms with Gasteiger partial charge in [0, 0.05) is 12.8 Å². The van der Waals surface area contributed by atoms with Crippen molar-refractivity contribution in [3.8, 4) is 0 Å². The maximum Gasteiger partial charge on any atom is 0.229 e. The first-order chi connectivity index (χ1) is 11.2. The summed E-state index contributed by atoms with van der Waals surface area (Å²) < 4.78 is 11.3. The molecule has 1 atom stereocenters. The van der Waals surface area contributed by atoms with Crippen molar-refractivity contribution in [3.63, 3.8) is 0 Å². The summed E-state index contributed by atoms with van der Waals surface area (Å²) >= 11 is 0. The molecular weight excluding hydrogens is 292 g/mol. The first kappa shape index (κ1) is 16.4. The molecule has 1 spiro atoms. The molecule has 5 nitrogen and oxygen atoms in total. The molecular formula is C18H26N2O3. The average Bonchev–Trinajstić information content (AvgIpc) is 2.98. The molecule has 2 aliphatic heterocycles. The summed E-state index contributed by atoms with van der Waals surface area (Å²) in [6.45, 7) is 3.06. The molecule has 126 valence electrons. The Balaban J connectivity index is 1.77. The second kappa shape index (κ2) is 7.43. The van der Waals surface area contributed by atoms with Gasteiger partial charge in [-0.1, -0.05) is 18.2 Å². The van der Waals surface area contributed by atoms with Crippen molar-refractivity contribution >= 4 is 11.6 Å². The summed E-state index contributed by atoms with van der Waals surface area (Å²) in [5.41, 5.74) is 0.901. The second-order valence-electron chi connectivity index (χ2n) is 6.44. The summed E-state index contributed by atoms with van der Waals surface area (Å²) in [7, 11) is 1.63. The molecule has 5 heteroatoms. The topological polar surface area (TPSA) is 50.8 Å². The number of anilines is 1. The summed E-state index contributed by atoms with van der Waals surface area (Å²) in [4.78, 5) is 14.7. The standard InChI is InChI=1S/C18H26N2O3/c1-22-12-7-17(21)20(15-5-3-2-4-6-15)16-13-18(23-14-16)8-10-19-11-9-18/h2-6,16,19H,7-14H2,1H3. The van der Waals surface area contributed by atoms with Crippen LogP contribution in [0.25, 0.3) is 0 Å². The van der Waals surface area contributed by atoms with E-state index in [-0.39, 0.29) is 17.6 Å². The van der Waals surface area contributed by atoms with Crippen LogP contribution in [-0.2, 0) is 14.3 Å². The van der Waals surface area contributed by atoms with Crippen LogP contribution in [0.1, 0.15) is 25.7 Å². The van der Waals surface area contributed by atoms with E-state index in [1.807, 2.05) is 35.2 Å². The van der Waals surface area contributed by atoms with Gasteiger partial charge in [-0.3, -0.25) is 4.79 Å². The van der Waals surface area contributed by atoms with Crippen molar-refractivity contribution in [2.24, 2.45) is 0 Å². The van der Waals surface area contributed by atoms with E-state index in [1.165, 1.54) is 0 Å². The lowest BCUT2D eigenvalue weighted by molar-refractivity contribution is -0.120. The molecule has 2 saturated heterocycles. The first-order valence-corrected chi connectivity index (χ1v) is 8.45. The Bertz CT molecular complexity index is 514. The van der Waals surface area contributed by atoms with Crippen LogP contribution >= 0.6 is 0 Å². The SMILES string of the molecule is COCCC(=O)N(c1ccccc1)C1COC2(CCNCC2)C1.